The van der Waals surface area contributed by atoms with Gasteiger partial charge in [0.15, 0.2) is 11.5 Å². The Kier molecular flexibility index (Phi) is 5.43. The molecule has 0 atom stereocenters. The highest BCUT2D eigenvalue weighted by Crippen LogP contribution is 2.25. The molecule has 0 spiro atoms. The van der Waals surface area contributed by atoms with Crippen LogP contribution in [0.2, 0.25) is 0 Å². The van der Waals surface area contributed by atoms with Crippen LogP contribution in [-0.2, 0) is 0 Å². The van der Waals surface area contributed by atoms with Crippen molar-refractivity contribution >= 4 is 17.2 Å². The third kappa shape index (κ3) is 4.40. The molecular weight excluding hydrogens is 314 g/mol. The Balaban J connectivity index is 1.40. The van der Waals surface area contributed by atoms with E-state index in [9.17, 15) is 9.90 Å². The molecule has 124 valence electrons. The SMILES string of the molecule is O=C(NCCCN1CCC(O)CC1)c1cc(-c2cccs2)on1. The van der Waals surface area contributed by atoms with Gasteiger partial charge in [-0.1, -0.05) is 11.2 Å². The summed E-state index contributed by atoms with van der Waals surface area (Å²) in [5.74, 6) is 0.419. The van der Waals surface area contributed by atoms with Crippen LogP contribution in [0, 0.1) is 0 Å². The van der Waals surface area contributed by atoms with Gasteiger partial charge in [-0.15, -0.1) is 11.3 Å². The molecule has 1 aliphatic rings. The van der Waals surface area contributed by atoms with E-state index in [2.05, 4.69) is 15.4 Å². The van der Waals surface area contributed by atoms with Crippen molar-refractivity contribution in [3.8, 4) is 10.6 Å². The van der Waals surface area contributed by atoms with Crippen molar-refractivity contribution in [3.63, 3.8) is 0 Å². The summed E-state index contributed by atoms with van der Waals surface area (Å²) in [4.78, 5) is 15.3. The van der Waals surface area contributed by atoms with Crippen LogP contribution in [0.25, 0.3) is 10.6 Å². The number of hydrogen-bond acceptors (Lipinski definition) is 6. The van der Waals surface area contributed by atoms with E-state index in [1.807, 2.05) is 17.5 Å². The number of nitrogens with one attached hydrogen (secondary N) is 1. The Labute approximate surface area is 139 Å². The van der Waals surface area contributed by atoms with Gasteiger partial charge in [0.1, 0.15) is 0 Å². The second-order valence-corrected chi connectivity index (χ2v) is 6.68. The molecule has 0 unspecified atom stereocenters. The summed E-state index contributed by atoms with van der Waals surface area (Å²) in [6.07, 6.45) is 2.43. The molecule has 0 aromatic carbocycles. The summed E-state index contributed by atoms with van der Waals surface area (Å²) >= 11 is 1.55. The zero-order chi connectivity index (χ0) is 16.1. The van der Waals surface area contributed by atoms with Gasteiger partial charge in [-0.25, -0.2) is 0 Å². The van der Waals surface area contributed by atoms with Gasteiger partial charge in [0.2, 0.25) is 0 Å². The van der Waals surface area contributed by atoms with E-state index >= 15 is 0 Å². The number of nitrogens with zero attached hydrogens (tertiary/aromatic N) is 2. The van der Waals surface area contributed by atoms with Gasteiger partial charge in [-0.2, -0.15) is 0 Å². The minimum Gasteiger partial charge on any atom is -0.393 e. The number of rotatable bonds is 6. The molecule has 2 N–H and O–H groups in total. The quantitative estimate of drug-likeness (QED) is 0.789. The molecule has 7 heteroatoms. The van der Waals surface area contributed by atoms with Gasteiger partial charge in [-0.3, -0.25) is 4.79 Å². The zero-order valence-electron chi connectivity index (χ0n) is 12.9. The van der Waals surface area contributed by atoms with E-state index in [-0.39, 0.29) is 12.0 Å². The molecule has 3 rings (SSSR count). The van der Waals surface area contributed by atoms with Crippen LogP contribution < -0.4 is 5.32 Å². The molecule has 0 bridgehead atoms. The molecule has 1 saturated heterocycles. The van der Waals surface area contributed by atoms with Gasteiger partial charge in [0.05, 0.1) is 11.0 Å². The molecule has 0 aliphatic carbocycles. The summed E-state index contributed by atoms with van der Waals surface area (Å²) in [7, 11) is 0. The lowest BCUT2D eigenvalue weighted by Crippen LogP contribution is -2.37. The van der Waals surface area contributed by atoms with Crippen molar-refractivity contribution < 1.29 is 14.4 Å². The normalized spacial score (nSPS) is 16.6. The Morgan fingerprint density at radius 1 is 1.48 bits per heavy atom. The summed E-state index contributed by atoms with van der Waals surface area (Å²) < 4.78 is 5.21. The highest BCUT2D eigenvalue weighted by Gasteiger charge is 2.17. The lowest BCUT2D eigenvalue weighted by Gasteiger charge is -2.29. The van der Waals surface area contributed by atoms with Crippen molar-refractivity contribution in [1.82, 2.24) is 15.4 Å². The standard InChI is InChI=1S/C16H21N3O3S/c20-12-4-8-19(9-5-12)7-2-6-17-16(21)13-11-14(22-18-13)15-3-1-10-23-15/h1,3,10-12,20H,2,4-9H2,(H,17,21). The predicted octanol–water partition coefficient (Wildman–Crippen LogP) is 1.98. The second kappa shape index (κ2) is 7.72. The van der Waals surface area contributed by atoms with Gasteiger partial charge in [-0.05, 0) is 37.3 Å². The van der Waals surface area contributed by atoms with Crippen molar-refractivity contribution in [2.45, 2.75) is 25.4 Å². The molecule has 2 aromatic rings. The molecule has 23 heavy (non-hydrogen) atoms. The largest absolute Gasteiger partial charge is 0.393 e. The monoisotopic (exact) mass is 335 g/mol. The maximum absolute atomic E-state index is 12.0. The lowest BCUT2D eigenvalue weighted by molar-refractivity contribution is 0.0816. The van der Waals surface area contributed by atoms with Crippen molar-refractivity contribution in [2.75, 3.05) is 26.2 Å². The fourth-order valence-electron chi connectivity index (χ4n) is 2.66. The molecule has 1 aliphatic heterocycles. The van der Waals surface area contributed by atoms with Crippen molar-refractivity contribution in [2.24, 2.45) is 0 Å². The van der Waals surface area contributed by atoms with E-state index in [4.69, 9.17) is 4.52 Å². The van der Waals surface area contributed by atoms with E-state index in [1.165, 1.54) is 0 Å². The number of hydrogen-bond donors (Lipinski definition) is 2. The van der Waals surface area contributed by atoms with Crippen LogP contribution in [0.4, 0.5) is 0 Å². The number of likely N-dealkylation sites (tertiary alicyclic amines) is 1. The first-order valence-electron chi connectivity index (χ1n) is 7.91. The lowest BCUT2D eigenvalue weighted by atomic mass is 10.1. The molecule has 0 saturated carbocycles. The Morgan fingerprint density at radius 3 is 3.04 bits per heavy atom. The van der Waals surface area contributed by atoms with Crippen LogP contribution in [-0.4, -0.2) is 53.4 Å². The molecule has 2 aromatic heterocycles. The summed E-state index contributed by atoms with van der Waals surface area (Å²) in [5.41, 5.74) is 0.314. The number of thiophene rings is 1. The Bertz CT molecular complexity index is 618. The van der Waals surface area contributed by atoms with Crippen LogP contribution in [0.15, 0.2) is 28.1 Å². The average Bonchev–Trinajstić information content (AvgIpc) is 3.23. The average molecular weight is 335 g/mol. The first kappa shape index (κ1) is 16.2. The zero-order valence-corrected chi connectivity index (χ0v) is 13.7. The third-order valence-electron chi connectivity index (χ3n) is 4.00. The number of aliphatic hydroxyl groups excluding tert-OH is 1. The van der Waals surface area contributed by atoms with Crippen molar-refractivity contribution in [3.05, 3.63) is 29.3 Å². The smallest absolute Gasteiger partial charge is 0.273 e. The van der Waals surface area contributed by atoms with Gasteiger partial charge in [0, 0.05) is 25.7 Å². The second-order valence-electron chi connectivity index (χ2n) is 5.74. The summed E-state index contributed by atoms with van der Waals surface area (Å²) in [6, 6.07) is 5.54. The maximum Gasteiger partial charge on any atom is 0.273 e. The van der Waals surface area contributed by atoms with Gasteiger partial charge >= 0.3 is 0 Å². The highest BCUT2D eigenvalue weighted by molar-refractivity contribution is 7.13. The van der Waals surface area contributed by atoms with E-state index in [1.54, 1.807) is 17.4 Å². The number of amides is 1. The summed E-state index contributed by atoms with van der Waals surface area (Å²) in [6.45, 7) is 3.41. The molecule has 6 nitrogen and oxygen atoms in total. The van der Waals surface area contributed by atoms with Crippen LogP contribution >= 0.6 is 11.3 Å². The first-order valence-corrected chi connectivity index (χ1v) is 8.79. The van der Waals surface area contributed by atoms with Gasteiger partial charge in [0.25, 0.3) is 5.91 Å². The topological polar surface area (TPSA) is 78.6 Å². The summed E-state index contributed by atoms with van der Waals surface area (Å²) in [5, 5.41) is 18.1. The molecule has 0 radical (unpaired) electrons. The first-order chi connectivity index (χ1) is 11.2. The molecule has 1 fully saturated rings. The number of aromatic nitrogens is 1. The minimum absolute atomic E-state index is 0.143. The maximum atomic E-state index is 12.0. The van der Waals surface area contributed by atoms with Crippen LogP contribution in [0.5, 0.6) is 0 Å². The Hall–Kier alpha value is -1.70. The number of aliphatic hydroxyl groups is 1. The molecule has 3 heterocycles. The molecular formula is C16H21N3O3S. The Morgan fingerprint density at radius 2 is 2.30 bits per heavy atom. The molecule has 1 amide bonds. The van der Waals surface area contributed by atoms with Crippen molar-refractivity contribution in [1.29, 1.82) is 0 Å². The minimum atomic E-state index is -0.203. The number of carbonyl (C=O) groups is 1. The van der Waals surface area contributed by atoms with Crippen LogP contribution in [0.1, 0.15) is 29.8 Å². The third-order valence-corrected chi connectivity index (χ3v) is 4.89. The van der Waals surface area contributed by atoms with E-state index in [0.717, 1.165) is 43.8 Å². The van der Waals surface area contributed by atoms with Gasteiger partial charge < -0.3 is 19.8 Å². The fraction of sp³-hybridized carbons (Fsp3) is 0.500. The van der Waals surface area contributed by atoms with E-state index < -0.39 is 0 Å². The predicted molar refractivity (Wildman–Crippen MR) is 88.4 cm³/mol. The number of piperidine rings is 1. The van der Waals surface area contributed by atoms with E-state index in [0.29, 0.717) is 18.0 Å². The fourth-order valence-corrected chi connectivity index (χ4v) is 3.33. The van der Waals surface area contributed by atoms with Crippen LogP contribution in [0.3, 0.4) is 0 Å². The highest BCUT2D eigenvalue weighted by atomic mass is 32.1. The number of carbonyl (C=O) groups excluding carboxylic acids is 1.